The maximum absolute atomic E-state index is 12.6. The Labute approximate surface area is 183 Å². The van der Waals surface area contributed by atoms with Gasteiger partial charge in [0.05, 0.1) is 17.6 Å². The number of nitrogens with one attached hydrogen (secondary N) is 1. The number of aryl methyl sites for hydroxylation is 1. The molecule has 31 heavy (non-hydrogen) atoms. The summed E-state index contributed by atoms with van der Waals surface area (Å²) in [5, 5.41) is 16.0. The van der Waals surface area contributed by atoms with Gasteiger partial charge >= 0.3 is 0 Å². The smallest absolute Gasteiger partial charge is 0.272 e. The minimum absolute atomic E-state index is 0.0558. The molecule has 0 radical (unpaired) electrons. The summed E-state index contributed by atoms with van der Waals surface area (Å²) in [6.07, 6.45) is 4.05. The molecule has 0 fully saturated rings. The fourth-order valence-corrected chi connectivity index (χ4v) is 4.35. The van der Waals surface area contributed by atoms with Gasteiger partial charge in [0.2, 0.25) is 5.91 Å². The number of thioether (sulfide) groups is 1. The van der Waals surface area contributed by atoms with Crippen molar-refractivity contribution in [2.45, 2.75) is 24.2 Å². The van der Waals surface area contributed by atoms with Gasteiger partial charge in [-0.3, -0.25) is 4.79 Å². The van der Waals surface area contributed by atoms with Crippen LogP contribution in [-0.4, -0.2) is 37.1 Å². The minimum Gasteiger partial charge on any atom is -0.310 e. The number of aromatic nitrogens is 5. The first-order valence-electron chi connectivity index (χ1n) is 9.93. The molecule has 0 aliphatic carbocycles. The largest absolute Gasteiger partial charge is 0.310 e. The quantitative estimate of drug-likeness (QED) is 0.490. The highest BCUT2D eigenvalue weighted by Crippen LogP contribution is 2.40. The van der Waals surface area contributed by atoms with Gasteiger partial charge in [0.1, 0.15) is 5.82 Å². The van der Waals surface area contributed by atoms with Crippen molar-refractivity contribution in [3.63, 3.8) is 0 Å². The highest BCUT2D eigenvalue weighted by molar-refractivity contribution is 7.98. The van der Waals surface area contributed by atoms with Crippen molar-refractivity contribution in [1.82, 2.24) is 25.0 Å². The number of hydrogen-bond acceptors (Lipinski definition) is 6. The monoisotopic (exact) mass is 428 g/mol. The zero-order valence-electron chi connectivity index (χ0n) is 17.1. The highest BCUT2D eigenvalue weighted by Gasteiger charge is 2.33. The van der Waals surface area contributed by atoms with Gasteiger partial charge in [-0.1, -0.05) is 42.5 Å². The molecular formula is C23H20N6OS. The lowest BCUT2D eigenvalue weighted by Gasteiger charge is -2.24. The van der Waals surface area contributed by atoms with E-state index < -0.39 is 0 Å². The van der Waals surface area contributed by atoms with Crippen LogP contribution in [0.25, 0.3) is 17.2 Å². The molecule has 1 N–H and O–H groups in total. The van der Waals surface area contributed by atoms with Gasteiger partial charge in [-0.05, 0) is 30.9 Å². The van der Waals surface area contributed by atoms with E-state index in [1.54, 1.807) is 22.6 Å². The van der Waals surface area contributed by atoms with Crippen LogP contribution >= 0.6 is 11.8 Å². The molecule has 154 valence electrons. The molecule has 3 heterocycles. The zero-order chi connectivity index (χ0) is 21.4. The Balaban J connectivity index is 1.60. The van der Waals surface area contributed by atoms with Gasteiger partial charge < -0.3 is 5.32 Å². The maximum Gasteiger partial charge on any atom is 0.272 e. The fourth-order valence-electron chi connectivity index (χ4n) is 3.94. The second-order valence-electron chi connectivity index (χ2n) is 7.35. The van der Waals surface area contributed by atoms with Crippen LogP contribution in [0.15, 0.2) is 65.7 Å². The highest BCUT2D eigenvalue weighted by atomic mass is 32.2. The third-order valence-electron chi connectivity index (χ3n) is 5.43. The number of fused-ring (bicyclic) bond motifs is 1. The van der Waals surface area contributed by atoms with E-state index in [1.807, 2.05) is 43.5 Å². The lowest BCUT2D eigenvalue weighted by atomic mass is 9.86. The number of hydrogen-bond donors (Lipinski definition) is 1. The first-order chi connectivity index (χ1) is 15.1. The molecule has 0 spiro atoms. The summed E-state index contributed by atoms with van der Waals surface area (Å²) >= 11 is 1.70. The van der Waals surface area contributed by atoms with Gasteiger partial charge in [-0.2, -0.15) is 14.9 Å². The van der Waals surface area contributed by atoms with Crippen molar-refractivity contribution in [2.24, 2.45) is 0 Å². The van der Waals surface area contributed by atoms with Crippen LogP contribution in [0.2, 0.25) is 0 Å². The first kappa shape index (κ1) is 19.4. The van der Waals surface area contributed by atoms with Crippen molar-refractivity contribution in [2.75, 3.05) is 11.6 Å². The molecule has 1 aliphatic heterocycles. The summed E-state index contributed by atoms with van der Waals surface area (Å²) in [7, 11) is 0. The van der Waals surface area contributed by atoms with Gasteiger partial charge in [0.25, 0.3) is 5.95 Å². The average Bonchev–Trinajstić information content (AvgIpc) is 3.15. The predicted molar refractivity (Wildman–Crippen MR) is 120 cm³/mol. The summed E-state index contributed by atoms with van der Waals surface area (Å²) in [6.45, 7) is 1.95. The van der Waals surface area contributed by atoms with Gasteiger partial charge in [-0.25, -0.2) is 4.98 Å². The van der Waals surface area contributed by atoms with E-state index in [-0.39, 0.29) is 11.8 Å². The number of anilines is 1. The first-order valence-corrected chi connectivity index (χ1v) is 11.2. The van der Waals surface area contributed by atoms with Crippen LogP contribution in [-0.2, 0) is 4.79 Å². The Morgan fingerprint density at radius 3 is 2.61 bits per heavy atom. The molecule has 1 atom stereocenters. The Bertz CT molecular complexity index is 1250. The number of nitrogens with zero attached hydrogens (tertiary/aromatic N) is 5. The van der Waals surface area contributed by atoms with Gasteiger partial charge in [0.15, 0.2) is 0 Å². The molecule has 0 saturated carbocycles. The van der Waals surface area contributed by atoms with Crippen LogP contribution in [0.4, 0.5) is 5.82 Å². The molecule has 7 nitrogen and oxygen atoms in total. The Hall–Kier alpha value is -3.52. The normalized spacial score (nSPS) is 15.4. The number of benzene rings is 2. The molecular weight excluding hydrogens is 408 g/mol. The molecule has 4 aromatic rings. The molecule has 5 rings (SSSR count). The van der Waals surface area contributed by atoms with Crippen LogP contribution in [0.1, 0.15) is 29.2 Å². The summed E-state index contributed by atoms with van der Waals surface area (Å²) in [4.78, 5) is 18.4. The Kier molecular flexibility index (Phi) is 4.99. The zero-order valence-corrected chi connectivity index (χ0v) is 17.9. The number of amides is 1. The second-order valence-corrected chi connectivity index (χ2v) is 8.22. The third kappa shape index (κ3) is 3.59. The predicted octanol–water partition coefficient (Wildman–Crippen LogP) is 4.23. The van der Waals surface area contributed by atoms with Crippen LogP contribution in [0.3, 0.4) is 0 Å². The molecule has 1 amide bonds. The molecule has 8 heteroatoms. The number of rotatable bonds is 4. The molecule has 0 bridgehead atoms. The maximum atomic E-state index is 12.6. The fraction of sp³-hybridized carbons (Fsp3) is 0.174. The van der Waals surface area contributed by atoms with E-state index >= 15 is 0 Å². The van der Waals surface area contributed by atoms with Crippen LogP contribution < -0.4 is 5.32 Å². The van der Waals surface area contributed by atoms with Crippen LogP contribution in [0, 0.1) is 6.92 Å². The standard InChI is InChI=1S/C23H20N6OS/c1-14-21-18(15-8-10-17(31-2)11-9-15)12-20(30)26-22(21)29(28-14)23-25-19(13-24-27-23)16-6-4-3-5-7-16/h3-11,13,18H,12H2,1-2H3,(H,26,30)/t18-/m1/s1. The summed E-state index contributed by atoms with van der Waals surface area (Å²) in [5.74, 6) is 0.808. The number of carbonyl (C=O) groups excluding carboxylic acids is 1. The lowest BCUT2D eigenvalue weighted by Crippen LogP contribution is -2.25. The van der Waals surface area contributed by atoms with E-state index in [4.69, 9.17) is 0 Å². The molecule has 0 saturated heterocycles. The minimum atomic E-state index is -0.0707. The van der Waals surface area contributed by atoms with Crippen LogP contribution in [0.5, 0.6) is 0 Å². The van der Waals surface area contributed by atoms with Gasteiger partial charge in [-0.15, -0.1) is 16.9 Å². The van der Waals surface area contributed by atoms with E-state index in [0.717, 1.165) is 22.4 Å². The summed E-state index contributed by atoms with van der Waals surface area (Å²) in [5.41, 5.74) is 4.55. The van der Waals surface area contributed by atoms with E-state index in [2.05, 4.69) is 49.9 Å². The van der Waals surface area contributed by atoms with Crippen molar-refractivity contribution in [1.29, 1.82) is 0 Å². The van der Waals surface area contributed by atoms with Gasteiger partial charge in [0, 0.05) is 28.4 Å². The van der Waals surface area contributed by atoms with Crippen molar-refractivity contribution < 1.29 is 4.79 Å². The summed E-state index contributed by atoms with van der Waals surface area (Å²) in [6, 6.07) is 18.1. The lowest BCUT2D eigenvalue weighted by molar-refractivity contribution is -0.116. The second kappa shape index (κ2) is 7.96. The van der Waals surface area contributed by atoms with E-state index in [0.29, 0.717) is 23.9 Å². The summed E-state index contributed by atoms with van der Waals surface area (Å²) < 4.78 is 1.59. The topological polar surface area (TPSA) is 85.6 Å². The Morgan fingerprint density at radius 2 is 1.87 bits per heavy atom. The van der Waals surface area contributed by atoms with Crippen molar-refractivity contribution in [3.05, 3.63) is 77.6 Å². The third-order valence-corrected chi connectivity index (χ3v) is 6.17. The van der Waals surface area contributed by atoms with Crippen molar-refractivity contribution >= 4 is 23.5 Å². The molecule has 2 aromatic carbocycles. The van der Waals surface area contributed by atoms with Crippen molar-refractivity contribution in [3.8, 4) is 17.2 Å². The van der Waals surface area contributed by atoms with E-state index in [9.17, 15) is 4.79 Å². The number of carbonyl (C=O) groups is 1. The SMILES string of the molecule is CSc1ccc([C@H]2CC(=O)Nc3c2c(C)nn3-c2nncc(-c3ccccc3)n2)cc1. The van der Waals surface area contributed by atoms with E-state index in [1.165, 1.54) is 4.90 Å². The Morgan fingerprint density at radius 1 is 1.10 bits per heavy atom. The molecule has 0 unspecified atom stereocenters. The molecule has 2 aromatic heterocycles. The molecule has 1 aliphatic rings. The average molecular weight is 429 g/mol.